The van der Waals surface area contributed by atoms with Gasteiger partial charge >= 0.3 is 0 Å². The van der Waals surface area contributed by atoms with E-state index in [1.165, 1.54) is 38.5 Å². The predicted molar refractivity (Wildman–Crippen MR) is 79.8 cm³/mol. The molecule has 0 radical (unpaired) electrons. The maximum absolute atomic E-state index is 11.6. The highest BCUT2D eigenvalue weighted by Gasteiger charge is 2.24. The van der Waals surface area contributed by atoms with Gasteiger partial charge in [-0.3, -0.25) is 4.57 Å². The third-order valence-electron chi connectivity index (χ3n) is 3.98. The number of hydrogen-bond acceptors (Lipinski definition) is 5. The third-order valence-corrected chi connectivity index (χ3v) is 5.13. The molecule has 1 aliphatic carbocycles. The van der Waals surface area contributed by atoms with Gasteiger partial charge in [-0.2, -0.15) is 0 Å². The molecular formula is C13H22ClN3O3S. The molecule has 120 valence electrons. The van der Waals surface area contributed by atoms with E-state index < -0.39 is 9.05 Å². The van der Waals surface area contributed by atoms with Gasteiger partial charge in [0.25, 0.3) is 14.2 Å². The summed E-state index contributed by atoms with van der Waals surface area (Å²) >= 11 is 0. The van der Waals surface area contributed by atoms with Crippen LogP contribution in [0.1, 0.15) is 44.3 Å². The van der Waals surface area contributed by atoms with Crippen molar-refractivity contribution in [2.75, 3.05) is 13.7 Å². The van der Waals surface area contributed by atoms with Crippen LogP contribution in [0.3, 0.4) is 0 Å². The highest BCUT2D eigenvalue weighted by atomic mass is 35.7. The highest BCUT2D eigenvalue weighted by molar-refractivity contribution is 8.13. The van der Waals surface area contributed by atoms with Gasteiger partial charge in [-0.05, 0) is 5.92 Å². The second-order valence-corrected chi connectivity index (χ2v) is 8.00. The van der Waals surface area contributed by atoms with Gasteiger partial charge in [0.1, 0.15) is 5.82 Å². The van der Waals surface area contributed by atoms with Crippen molar-refractivity contribution < 1.29 is 13.2 Å². The molecule has 0 saturated heterocycles. The van der Waals surface area contributed by atoms with Crippen LogP contribution in [0.2, 0.25) is 0 Å². The van der Waals surface area contributed by atoms with Crippen molar-refractivity contribution >= 4 is 19.7 Å². The van der Waals surface area contributed by atoms with Crippen molar-refractivity contribution in [3.8, 4) is 0 Å². The number of nitrogens with zero attached hydrogens (tertiary/aromatic N) is 3. The molecule has 0 aliphatic heterocycles. The molecule has 1 saturated carbocycles. The fourth-order valence-electron chi connectivity index (χ4n) is 2.88. The lowest BCUT2D eigenvalue weighted by molar-refractivity contribution is 0.183. The van der Waals surface area contributed by atoms with Crippen LogP contribution in [0.15, 0.2) is 5.16 Å². The summed E-state index contributed by atoms with van der Waals surface area (Å²) in [7, 11) is 3.12. The minimum Gasteiger partial charge on any atom is -0.383 e. The molecule has 1 aromatic rings. The van der Waals surface area contributed by atoms with E-state index in [0.29, 0.717) is 24.9 Å². The summed E-state index contributed by atoms with van der Waals surface area (Å²) < 4.78 is 29.8. The van der Waals surface area contributed by atoms with E-state index in [1.54, 1.807) is 11.7 Å². The van der Waals surface area contributed by atoms with Gasteiger partial charge in [0.15, 0.2) is 0 Å². The van der Waals surface area contributed by atoms with Crippen LogP contribution in [0, 0.1) is 5.92 Å². The van der Waals surface area contributed by atoms with Crippen LogP contribution in [-0.4, -0.2) is 36.9 Å². The topological polar surface area (TPSA) is 74.1 Å². The highest BCUT2D eigenvalue weighted by Crippen LogP contribution is 2.26. The average molecular weight is 336 g/mol. The van der Waals surface area contributed by atoms with Crippen LogP contribution in [0.5, 0.6) is 0 Å². The second-order valence-electron chi connectivity index (χ2n) is 5.54. The molecular weight excluding hydrogens is 314 g/mol. The first-order valence-electron chi connectivity index (χ1n) is 7.38. The maximum Gasteiger partial charge on any atom is 0.296 e. The van der Waals surface area contributed by atoms with Gasteiger partial charge in [0.05, 0.1) is 6.61 Å². The van der Waals surface area contributed by atoms with Gasteiger partial charge in [-0.25, -0.2) is 8.42 Å². The van der Waals surface area contributed by atoms with E-state index in [4.69, 9.17) is 15.4 Å². The number of ether oxygens (including phenoxy) is 1. The minimum atomic E-state index is -3.89. The third kappa shape index (κ3) is 4.66. The van der Waals surface area contributed by atoms with Crippen molar-refractivity contribution in [3.05, 3.63) is 5.82 Å². The summed E-state index contributed by atoms with van der Waals surface area (Å²) in [5.41, 5.74) is 0. The zero-order chi connectivity index (χ0) is 15.3. The van der Waals surface area contributed by atoms with E-state index in [9.17, 15) is 8.42 Å². The summed E-state index contributed by atoms with van der Waals surface area (Å²) in [6.07, 6.45) is 8.13. The largest absolute Gasteiger partial charge is 0.383 e. The van der Waals surface area contributed by atoms with Crippen LogP contribution in [-0.2, 0) is 26.8 Å². The standard InChI is InChI=1S/C13H22ClN3O3S/c1-20-9-8-17-12(15-16-13(17)21(14,18)19)10-11-6-4-2-3-5-7-11/h11H,2-10H2,1H3. The molecule has 2 rings (SSSR count). The van der Waals surface area contributed by atoms with Gasteiger partial charge in [0.2, 0.25) is 0 Å². The van der Waals surface area contributed by atoms with E-state index >= 15 is 0 Å². The fraction of sp³-hybridized carbons (Fsp3) is 0.846. The van der Waals surface area contributed by atoms with Crippen molar-refractivity contribution in [1.29, 1.82) is 0 Å². The van der Waals surface area contributed by atoms with Crippen LogP contribution < -0.4 is 0 Å². The molecule has 0 amide bonds. The summed E-state index contributed by atoms with van der Waals surface area (Å²) in [5.74, 6) is 1.24. The second kappa shape index (κ2) is 7.56. The molecule has 1 aliphatic rings. The van der Waals surface area contributed by atoms with Gasteiger partial charge in [0, 0.05) is 30.8 Å². The molecule has 1 aromatic heterocycles. The molecule has 0 bridgehead atoms. The van der Waals surface area contributed by atoms with Crippen LogP contribution in [0.25, 0.3) is 0 Å². The Morgan fingerprint density at radius 2 is 1.90 bits per heavy atom. The summed E-state index contributed by atoms with van der Waals surface area (Å²) in [4.78, 5) is 0. The first-order chi connectivity index (χ1) is 10.0. The van der Waals surface area contributed by atoms with E-state index in [1.807, 2.05) is 0 Å². The average Bonchev–Trinajstić information content (AvgIpc) is 2.65. The molecule has 0 aromatic carbocycles. The molecule has 6 nitrogen and oxygen atoms in total. The zero-order valence-electron chi connectivity index (χ0n) is 12.3. The monoisotopic (exact) mass is 335 g/mol. The molecule has 0 spiro atoms. The van der Waals surface area contributed by atoms with Crippen molar-refractivity contribution in [2.45, 2.75) is 56.6 Å². The smallest absolute Gasteiger partial charge is 0.296 e. The summed E-state index contributed by atoms with van der Waals surface area (Å²) in [6, 6.07) is 0. The number of methoxy groups -OCH3 is 1. The number of halogens is 1. The molecule has 21 heavy (non-hydrogen) atoms. The molecule has 0 atom stereocenters. The minimum absolute atomic E-state index is 0.176. The Hall–Kier alpha value is -0.660. The van der Waals surface area contributed by atoms with Gasteiger partial charge < -0.3 is 4.74 Å². The lowest BCUT2D eigenvalue weighted by atomic mass is 9.96. The number of aromatic nitrogens is 3. The first-order valence-corrected chi connectivity index (χ1v) is 9.69. The van der Waals surface area contributed by atoms with Crippen molar-refractivity contribution in [2.24, 2.45) is 5.92 Å². The predicted octanol–water partition coefficient (Wildman–Crippen LogP) is 2.36. The number of rotatable bonds is 6. The molecule has 0 unspecified atom stereocenters. The quantitative estimate of drug-likeness (QED) is 0.589. The Morgan fingerprint density at radius 1 is 1.24 bits per heavy atom. The van der Waals surface area contributed by atoms with E-state index in [-0.39, 0.29) is 5.16 Å². The first kappa shape index (κ1) is 16.7. The van der Waals surface area contributed by atoms with Crippen LogP contribution >= 0.6 is 10.7 Å². The zero-order valence-corrected chi connectivity index (χ0v) is 13.9. The summed E-state index contributed by atoms with van der Waals surface area (Å²) in [6.45, 7) is 0.794. The fourth-order valence-corrected chi connectivity index (χ4v) is 3.82. The van der Waals surface area contributed by atoms with E-state index in [2.05, 4.69) is 10.2 Å². The Morgan fingerprint density at radius 3 is 2.48 bits per heavy atom. The van der Waals surface area contributed by atoms with Crippen molar-refractivity contribution in [3.63, 3.8) is 0 Å². The molecule has 1 heterocycles. The Bertz CT molecular complexity index is 551. The lowest BCUT2D eigenvalue weighted by Crippen LogP contribution is -2.15. The summed E-state index contributed by atoms with van der Waals surface area (Å²) in [5, 5.41) is 7.64. The Labute approximate surface area is 130 Å². The lowest BCUT2D eigenvalue weighted by Gasteiger charge is -2.14. The number of hydrogen-bond donors (Lipinski definition) is 0. The van der Waals surface area contributed by atoms with E-state index in [0.717, 1.165) is 6.42 Å². The molecule has 8 heteroatoms. The van der Waals surface area contributed by atoms with Gasteiger partial charge in [-0.1, -0.05) is 38.5 Å². The van der Waals surface area contributed by atoms with Gasteiger partial charge in [-0.15, -0.1) is 10.2 Å². The SMILES string of the molecule is COCCn1c(CC2CCCCCC2)nnc1S(=O)(=O)Cl. The normalized spacial score (nSPS) is 17.8. The Balaban J connectivity index is 2.19. The molecule has 0 N–H and O–H groups in total. The maximum atomic E-state index is 11.6. The Kier molecular flexibility index (Phi) is 6.01. The van der Waals surface area contributed by atoms with Crippen LogP contribution in [0.4, 0.5) is 0 Å². The molecule has 1 fully saturated rings. The van der Waals surface area contributed by atoms with Crippen molar-refractivity contribution in [1.82, 2.24) is 14.8 Å².